The van der Waals surface area contributed by atoms with Gasteiger partial charge in [-0.25, -0.2) is 0 Å². The van der Waals surface area contributed by atoms with Gasteiger partial charge >= 0.3 is 5.97 Å². The lowest BCUT2D eigenvalue weighted by molar-refractivity contribution is -0.139. The van der Waals surface area contributed by atoms with Gasteiger partial charge in [0.25, 0.3) is 0 Å². The molecule has 1 heterocycles. The predicted octanol–water partition coefficient (Wildman–Crippen LogP) is 2.25. The molecular formula is C15H18O4. The molecule has 0 radical (unpaired) electrons. The Morgan fingerprint density at radius 3 is 3.16 bits per heavy atom. The van der Waals surface area contributed by atoms with Crippen molar-refractivity contribution in [2.75, 3.05) is 13.2 Å². The molecule has 1 N–H and O–H groups in total. The number of aryl methyl sites for hydroxylation is 1. The standard InChI is InChI=1S/C15H18O4/c16-15(17)13-7-12(13)9-18-8-10-3-4-14-11(6-10)2-1-5-19-14/h3-4,6,12-13H,1-2,5,7-9H2,(H,16,17)/t12-,13+/m1/s1. The Labute approximate surface area is 112 Å². The van der Waals surface area contributed by atoms with Crippen molar-refractivity contribution < 1.29 is 19.4 Å². The number of rotatable bonds is 5. The van der Waals surface area contributed by atoms with E-state index < -0.39 is 5.97 Å². The summed E-state index contributed by atoms with van der Waals surface area (Å²) in [5.74, 6) is 0.318. The fraction of sp³-hybridized carbons (Fsp3) is 0.533. The first kappa shape index (κ1) is 12.5. The average Bonchev–Trinajstić information content (AvgIpc) is 3.18. The largest absolute Gasteiger partial charge is 0.493 e. The Hall–Kier alpha value is -1.55. The maximum atomic E-state index is 10.7. The van der Waals surface area contributed by atoms with E-state index in [1.54, 1.807) is 0 Å². The van der Waals surface area contributed by atoms with Crippen molar-refractivity contribution in [3.63, 3.8) is 0 Å². The van der Waals surface area contributed by atoms with Crippen LogP contribution in [-0.4, -0.2) is 24.3 Å². The summed E-state index contributed by atoms with van der Waals surface area (Å²) in [5, 5.41) is 8.80. The number of carbonyl (C=O) groups is 1. The molecule has 3 rings (SSSR count). The lowest BCUT2D eigenvalue weighted by Gasteiger charge is -2.17. The van der Waals surface area contributed by atoms with Crippen molar-refractivity contribution in [1.29, 1.82) is 0 Å². The molecule has 1 aromatic carbocycles. The highest BCUT2D eigenvalue weighted by Crippen LogP contribution is 2.38. The second kappa shape index (κ2) is 5.21. The number of fused-ring (bicyclic) bond motifs is 1. The van der Waals surface area contributed by atoms with Gasteiger partial charge in [-0.2, -0.15) is 0 Å². The predicted molar refractivity (Wildman–Crippen MR) is 69.1 cm³/mol. The highest BCUT2D eigenvalue weighted by molar-refractivity contribution is 5.73. The van der Waals surface area contributed by atoms with Gasteiger partial charge in [0, 0.05) is 0 Å². The number of benzene rings is 1. The monoisotopic (exact) mass is 262 g/mol. The Morgan fingerprint density at radius 1 is 1.47 bits per heavy atom. The molecule has 0 bridgehead atoms. The molecule has 2 aliphatic rings. The van der Waals surface area contributed by atoms with Gasteiger partial charge in [0.05, 0.1) is 25.7 Å². The second-order valence-corrected chi connectivity index (χ2v) is 5.35. The summed E-state index contributed by atoms with van der Waals surface area (Å²) in [7, 11) is 0. The maximum absolute atomic E-state index is 10.7. The Balaban J connectivity index is 1.49. The average molecular weight is 262 g/mol. The van der Waals surface area contributed by atoms with Gasteiger partial charge in [-0.05, 0) is 48.4 Å². The lowest BCUT2D eigenvalue weighted by atomic mass is 10.0. The van der Waals surface area contributed by atoms with E-state index in [-0.39, 0.29) is 11.8 Å². The van der Waals surface area contributed by atoms with Crippen LogP contribution >= 0.6 is 0 Å². The molecule has 2 atom stereocenters. The normalized spacial score (nSPS) is 24.4. The third kappa shape index (κ3) is 2.89. The first-order valence-electron chi connectivity index (χ1n) is 6.79. The van der Waals surface area contributed by atoms with E-state index in [1.807, 2.05) is 12.1 Å². The van der Waals surface area contributed by atoms with E-state index in [2.05, 4.69) is 6.07 Å². The smallest absolute Gasteiger partial charge is 0.306 e. The first-order chi connectivity index (χ1) is 9.24. The van der Waals surface area contributed by atoms with Crippen molar-refractivity contribution in [1.82, 2.24) is 0 Å². The van der Waals surface area contributed by atoms with Gasteiger partial charge in [0.1, 0.15) is 5.75 Å². The molecule has 1 aliphatic heterocycles. The lowest BCUT2D eigenvalue weighted by Crippen LogP contribution is -2.09. The number of aliphatic carboxylic acids is 1. The summed E-state index contributed by atoms with van der Waals surface area (Å²) in [6.07, 6.45) is 2.89. The summed E-state index contributed by atoms with van der Waals surface area (Å²) in [4.78, 5) is 10.7. The number of carboxylic acids is 1. The van der Waals surface area contributed by atoms with Gasteiger partial charge in [-0.1, -0.05) is 6.07 Å². The van der Waals surface area contributed by atoms with Crippen LogP contribution in [0.4, 0.5) is 0 Å². The number of hydrogen-bond donors (Lipinski definition) is 1. The molecule has 1 saturated carbocycles. The van der Waals surface area contributed by atoms with Gasteiger partial charge in [-0.3, -0.25) is 4.79 Å². The van der Waals surface area contributed by atoms with Gasteiger partial charge < -0.3 is 14.6 Å². The maximum Gasteiger partial charge on any atom is 0.306 e. The fourth-order valence-corrected chi connectivity index (χ4v) is 2.57. The third-order valence-corrected chi connectivity index (χ3v) is 3.81. The van der Waals surface area contributed by atoms with E-state index in [4.69, 9.17) is 14.6 Å². The highest BCUT2D eigenvalue weighted by Gasteiger charge is 2.43. The van der Waals surface area contributed by atoms with E-state index >= 15 is 0 Å². The third-order valence-electron chi connectivity index (χ3n) is 3.81. The molecule has 0 unspecified atom stereocenters. The molecule has 0 saturated heterocycles. The SMILES string of the molecule is O=C(O)[C@H]1C[C@@H]1COCc1ccc2c(c1)CCCO2. The van der Waals surface area contributed by atoms with Crippen LogP contribution in [0.2, 0.25) is 0 Å². The van der Waals surface area contributed by atoms with Crippen LogP contribution in [0.1, 0.15) is 24.0 Å². The number of ether oxygens (including phenoxy) is 2. The minimum Gasteiger partial charge on any atom is -0.493 e. The summed E-state index contributed by atoms with van der Waals surface area (Å²) in [6.45, 7) is 1.90. The van der Waals surface area contributed by atoms with Crippen LogP contribution in [0.15, 0.2) is 18.2 Å². The molecule has 19 heavy (non-hydrogen) atoms. The highest BCUT2D eigenvalue weighted by atomic mass is 16.5. The van der Waals surface area contributed by atoms with Gasteiger partial charge in [0.15, 0.2) is 0 Å². The van der Waals surface area contributed by atoms with Crippen molar-refractivity contribution in [3.8, 4) is 5.75 Å². The van der Waals surface area contributed by atoms with Crippen LogP contribution in [0.3, 0.4) is 0 Å². The summed E-state index contributed by atoms with van der Waals surface area (Å²) < 4.78 is 11.2. The zero-order chi connectivity index (χ0) is 13.2. The first-order valence-corrected chi connectivity index (χ1v) is 6.79. The summed E-state index contributed by atoms with van der Waals surface area (Å²) in [5.41, 5.74) is 2.39. The second-order valence-electron chi connectivity index (χ2n) is 5.35. The van der Waals surface area contributed by atoms with E-state index in [0.29, 0.717) is 13.2 Å². The number of carboxylic acid groups (broad SMARTS) is 1. The molecule has 0 amide bonds. The quantitative estimate of drug-likeness (QED) is 0.884. The Kier molecular flexibility index (Phi) is 3.42. The topological polar surface area (TPSA) is 55.8 Å². The minimum absolute atomic E-state index is 0.183. The van der Waals surface area contributed by atoms with E-state index in [0.717, 1.165) is 37.2 Å². The van der Waals surface area contributed by atoms with Crippen molar-refractivity contribution in [2.45, 2.75) is 25.9 Å². The minimum atomic E-state index is -0.695. The van der Waals surface area contributed by atoms with Gasteiger partial charge in [0.2, 0.25) is 0 Å². The molecule has 4 heteroatoms. The van der Waals surface area contributed by atoms with Crippen LogP contribution in [-0.2, 0) is 22.6 Å². The van der Waals surface area contributed by atoms with E-state index in [1.165, 1.54) is 5.56 Å². The zero-order valence-electron chi connectivity index (χ0n) is 10.8. The Bertz CT molecular complexity index is 483. The summed E-state index contributed by atoms with van der Waals surface area (Å²) in [6, 6.07) is 6.16. The van der Waals surface area contributed by atoms with Gasteiger partial charge in [-0.15, -0.1) is 0 Å². The molecule has 0 spiro atoms. The molecule has 1 aromatic rings. The zero-order valence-corrected chi connectivity index (χ0v) is 10.8. The Morgan fingerprint density at radius 2 is 2.37 bits per heavy atom. The van der Waals surface area contributed by atoms with Crippen LogP contribution in [0.25, 0.3) is 0 Å². The van der Waals surface area contributed by atoms with Crippen LogP contribution in [0, 0.1) is 11.8 Å². The molecule has 1 fully saturated rings. The molecule has 1 aliphatic carbocycles. The van der Waals surface area contributed by atoms with Crippen molar-refractivity contribution in [2.24, 2.45) is 11.8 Å². The number of hydrogen-bond acceptors (Lipinski definition) is 3. The fourth-order valence-electron chi connectivity index (χ4n) is 2.57. The van der Waals surface area contributed by atoms with Crippen molar-refractivity contribution in [3.05, 3.63) is 29.3 Å². The van der Waals surface area contributed by atoms with E-state index in [9.17, 15) is 4.79 Å². The van der Waals surface area contributed by atoms with Crippen LogP contribution < -0.4 is 4.74 Å². The molecular weight excluding hydrogens is 244 g/mol. The summed E-state index contributed by atoms with van der Waals surface area (Å²) >= 11 is 0. The van der Waals surface area contributed by atoms with Crippen LogP contribution in [0.5, 0.6) is 5.75 Å². The molecule has 102 valence electrons. The molecule has 4 nitrogen and oxygen atoms in total. The molecule has 0 aromatic heterocycles. The van der Waals surface area contributed by atoms with Crippen molar-refractivity contribution >= 4 is 5.97 Å².